The summed E-state index contributed by atoms with van der Waals surface area (Å²) in [6.45, 7) is 5.97. The number of ether oxygens (including phenoxy) is 1. The summed E-state index contributed by atoms with van der Waals surface area (Å²) in [4.78, 5) is 19.4. The molecule has 3 rings (SSSR count). The van der Waals surface area contributed by atoms with Crippen molar-refractivity contribution in [1.82, 2.24) is 15.2 Å². The highest BCUT2D eigenvalue weighted by atomic mass is 32.1. The van der Waals surface area contributed by atoms with Crippen molar-refractivity contribution in [2.24, 2.45) is 0 Å². The standard InChI is InChI=1S/C19H25N3O2S/c1-13(2)22-10-15(17(11-22)24-3)21-19(23)16-12-25-18(20-16)9-14-7-5-4-6-8-14/h4-8,12-13,15,17H,9-11H2,1-3H3,(H,21,23)/t15-,17-/m1/s1. The number of nitrogens with one attached hydrogen (secondary N) is 1. The van der Waals surface area contributed by atoms with Gasteiger partial charge in [-0.15, -0.1) is 11.3 Å². The Hall–Kier alpha value is -1.76. The lowest BCUT2D eigenvalue weighted by atomic mass is 10.2. The minimum atomic E-state index is -0.117. The van der Waals surface area contributed by atoms with Crippen LogP contribution in [0.5, 0.6) is 0 Å². The molecule has 0 radical (unpaired) electrons. The van der Waals surface area contributed by atoms with Gasteiger partial charge in [-0.3, -0.25) is 9.69 Å². The maximum absolute atomic E-state index is 12.6. The van der Waals surface area contributed by atoms with Crippen LogP contribution in [0.1, 0.15) is 34.9 Å². The Kier molecular flexibility index (Phi) is 5.83. The van der Waals surface area contributed by atoms with Crippen LogP contribution in [0.3, 0.4) is 0 Å². The van der Waals surface area contributed by atoms with Crippen molar-refractivity contribution < 1.29 is 9.53 Å². The van der Waals surface area contributed by atoms with Gasteiger partial charge in [-0.2, -0.15) is 0 Å². The zero-order valence-electron chi connectivity index (χ0n) is 14.9. The molecule has 1 aromatic carbocycles. The van der Waals surface area contributed by atoms with E-state index in [-0.39, 0.29) is 18.1 Å². The molecule has 0 aliphatic carbocycles. The van der Waals surface area contributed by atoms with Gasteiger partial charge in [0.15, 0.2) is 0 Å². The molecule has 134 valence electrons. The van der Waals surface area contributed by atoms with E-state index >= 15 is 0 Å². The van der Waals surface area contributed by atoms with Crippen LogP contribution in [0, 0.1) is 0 Å². The first kappa shape index (κ1) is 18.0. The van der Waals surface area contributed by atoms with Crippen LogP contribution in [-0.2, 0) is 11.2 Å². The predicted octanol–water partition coefficient (Wildman–Crippen LogP) is 2.57. The van der Waals surface area contributed by atoms with E-state index in [1.165, 1.54) is 16.9 Å². The van der Waals surface area contributed by atoms with E-state index in [1.807, 2.05) is 23.6 Å². The van der Waals surface area contributed by atoms with Gasteiger partial charge in [0.05, 0.1) is 17.2 Å². The minimum Gasteiger partial charge on any atom is -0.378 e. The fourth-order valence-electron chi connectivity index (χ4n) is 3.11. The summed E-state index contributed by atoms with van der Waals surface area (Å²) in [6, 6.07) is 10.6. The van der Waals surface area contributed by atoms with E-state index in [0.717, 1.165) is 24.5 Å². The summed E-state index contributed by atoms with van der Waals surface area (Å²) in [6.07, 6.45) is 0.776. The number of carbonyl (C=O) groups excluding carboxylic acids is 1. The SMILES string of the molecule is CO[C@@H]1CN(C(C)C)C[C@H]1NC(=O)c1csc(Cc2ccccc2)n1. The summed E-state index contributed by atoms with van der Waals surface area (Å²) >= 11 is 1.53. The first-order valence-electron chi connectivity index (χ1n) is 8.63. The molecule has 5 nitrogen and oxygen atoms in total. The lowest BCUT2D eigenvalue weighted by molar-refractivity contribution is 0.0750. The maximum Gasteiger partial charge on any atom is 0.271 e. The van der Waals surface area contributed by atoms with Crippen molar-refractivity contribution in [3.05, 3.63) is 52.0 Å². The monoisotopic (exact) mass is 359 g/mol. The first-order chi connectivity index (χ1) is 12.1. The van der Waals surface area contributed by atoms with E-state index in [9.17, 15) is 4.79 Å². The Morgan fingerprint density at radius 1 is 1.36 bits per heavy atom. The van der Waals surface area contributed by atoms with Gasteiger partial charge in [-0.05, 0) is 19.4 Å². The lowest BCUT2D eigenvalue weighted by Crippen LogP contribution is -2.43. The van der Waals surface area contributed by atoms with E-state index in [4.69, 9.17) is 4.74 Å². The third-order valence-corrected chi connectivity index (χ3v) is 5.48. The Morgan fingerprint density at radius 3 is 2.80 bits per heavy atom. The molecule has 1 amide bonds. The minimum absolute atomic E-state index is 0.000765. The van der Waals surface area contributed by atoms with Crippen LogP contribution >= 0.6 is 11.3 Å². The summed E-state index contributed by atoms with van der Waals surface area (Å²) in [5.74, 6) is -0.117. The van der Waals surface area contributed by atoms with Crippen LogP contribution in [-0.4, -0.2) is 54.2 Å². The number of rotatable bonds is 6. The number of aromatic nitrogens is 1. The molecule has 2 atom stereocenters. The summed E-state index contributed by atoms with van der Waals surface area (Å²) in [5.41, 5.74) is 1.69. The second-order valence-corrected chi connectivity index (χ2v) is 7.63. The van der Waals surface area contributed by atoms with Gasteiger partial charge in [-0.1, -0.05) is 30.3 Å². The van der Waals surface area contributed by atoms with Crippen molar-refractivity contribution in [1.29, 1.82) is 0 Å². The number of likely N-dealkylation sites (tertiary alicyclic amines) is 1. The van der Waals surface area contributed by atoms with Gasteiger partial charge in [0.2, 0.25) is 0 Å². The fourth-order valence-corrected chi connectivity index (χ4v) is 3.92. The average Bonchev–Trinajstić information content (AvgIpc) is 3.23. The van der Waals surface area contributed by atoms with Gasteiger partial charge >= 0.3 is 0 Å². The molecule has 2 heterocycles. The van der Waals surface area contributed by atoms with Gasteiger partial charge in [0.25, 0.3) is 5.91 Å². The number of amides is 1. The highest BCUT2D eigenvalue weighted by Crippen LogP contribution is 2.18. The van der Waals surface area contributed by atoms with Crippen molar-refractivity contribution in [2.75, 3.05) is 20.2 Å². The largest absolute Gasteiger partial charge is 0.378 e. The lowest BCUT2D eigenvalue weighted by Gasteiger charge is -2.19. The molecule has 1 saturated heterocycles. The van der Waals surface area contributed by atoms with Gasteiger partial charge in [0.1, 0.15) is 5.69 Å². The highest BCUT2D eigenvalue weighted by Gasteiger charge is 2.35. The van der Waals surface area contributed by atoms with Crippen molar-refractivity contribution in [3.63, 3.8) is 0 Å². The van der Waals surface area contributed by atoms with Gasteiger partial charge in [0, 0.05) is 38.0 Å². The van der Waals surface area contributed by atoms with E-state index in [0.29, 0.717) is 11.7 Å². The molecule has 25 heavy (non-hydrogen) atoms. The number of benzene rings is 1. The number of thiazole rings is 1. The number of hydrogen-bond acceptors (Lipinski definition) is 5. The topological polar surface area (TPSA) is 54.5 Å². The number of nitrogens with zero attached hydrogens (tertiary/aromatic N) is 2. The Balaban J connectivity index is 1.62. The van der Waals surface area contributed by atoms with Gasteiger partial charge in [-0.25, -0.2) is 4.98 Å². The van der Waals surface area contributed by atoms with E-state index in [2.05, 4.69) is 41.2 Å². The molecule has 0 saturated carbocycles. The average molecular weight is 359 g/mol. The van der Waals surface area contributed by atoms with E-state index in [1.54, 1.807) is 7.11 Å². The van der Waals surface area contributed by atoms with Crippen LogP contribution in [0.2, 0.25) is 0 Å². The Bertz CT molecular complexity index is 702. The second-order valence-electron chi connectivity index (χ2n) is 6.69. The zero-order valence-corrected chi connectivity index (χ0v) is 15.8. The molecule has 0 spiro atoms. The molecular weight excluding hydrogens is 334 g/mol. The summed E-state index contributed by atoms with van der Waals surface area (Å²) in [5, 5.41) is 5.89. The molecule has 1 aliphatic heterocycles. The Morgan fingerprint density at radius 2 is 2.12 bits per heavy atom. The van der Waals surface area contributed by atoms with Crippen molar-refractivity contribution in [3.8, 4) is 0 Å². The van der Waals surface area contributed by atoms with Crippen LogP contribution in [0.4, 0.5) is 0 Å². The zero-order chi connectivity index (χ0) is 17.8. The normalized spacial score (nSPS) is 21.0. The molecule has 1 aromatic heterocycles. The molecule has 1 N–H and O–H groups in total. The summed E-state index contributed by atoms with van der Waals surface area (Å²) < 4.78 is 5.55. The highest BCUT2D eigenvalue weighted by molar-refractivity contribution is 7.09. The third kappa shape index (κ3) is 4.45. The molecule has 1 aliphatic rings. The van der Waals surface area contributed by atoms with Gasteiger partial charge < -0.3 is 10.1 Å². The number of hydrogen-bond donors (Lipinski definition) is 1. The maximum atomic E-state index is 12.6. The third-order valence-electron chi connectivity index (χ3n) is 4.63. The molecular formula is C19H25N3O2S. The van der Waals surface area contributed by atoms with Crippen LogP contribution < -0.4 is 5.32 Å². The number of methoxy groups -OCH3 is 1. The predicted molar refractivity (Wildman–Crippen MR) is 100 cm³/mol. The molecule has 0 unspecified atom stereocenters. The molecule has 0 bridgehead atoms. The molecule has 6 heteroatoms. The second kappa shape index (κ2) is 8.08. The van der Waals surface area contributed by atoms with Crippen molar-refractivity contribution in [2.45, 2.75) is 38.5 Å². The smallest absolute Gasteiger partial charge is 0.271 e. The van der Waals surface area contributed by atoms with Crippen LogP contribution in [0.25, 0.3) is 0 Å². The number of carbonyl (C=O) groups is 1. The fraction of sp³-hybridized carbons (Fsp3) is 0.474. The van der Waals surface area contributed by atoms with E-state index < -0.39 is 0 Å². The molecule has 1 fully saturated rings. The summed E-state index contributed by atoms with van der Waals surface area (Å²) in [7, 11) is 1.70. The van der Waals surface area contributed by atoms with Crippen LogP contribution in [0.15, 0.2) is 35.7 Å². The first-order valence-corrected chi connectivity index (χ1v) is 9.51. The Labute approximate surface area is 153 Å². The molecule has 2 aromatic rings. The quantitative estimate of drug-likeness (QED) is 0.861. The van der Waals surface area contributed by atoms with Crippen molar-refractivity contribution >= 4 is 17.2 Å².